The Labute approximate surface area is 157 Å². The molecular weight excluding hydrogens is 354 g/mol. The van der Waals surface area contributed by atoms with Crippen molar-refractivity contribution in [1.29, 1.82) is 0 Å². The van der Waals surface area contributed by atoms with E-state index in [2.05, 4.69) is 15.5 Å². The van der Waals surface area contributed by atoms with Crippen molar-refractivity contribution < 1.29 is 18.8 Å². The second-order valence-corrected chi connectivity index (χ2v) is 7.56. The van der Waals surface area contributed by atoms with Crippen LogP contribution in [-0.4, -0.2) is 41.4 Å². The zero-order valence-corrected chi connectivity index (χ0v) is 16.4. The fourth-order valence-corrected chi connectivity index (χ4v) is 3.91. The number of rotatable bonds is 6. The molecule has 0 unspecified atom stereocenters. The molecule has 26 heavy (non-hydrogen) atoms. The molecule has 2 atom stereocenters. The lowest BCUT2D eigenvalue weighted by Crippen LogP contribution is -2.50. The van der Waals surface area contributed by atoms with Crippen molar-refractivity contribution in [2.75, 3.05) is 13.2 Å². The average molecular weight is 379 g/mol. The number of ether oxygens (including phenoxy) is 2. The van der Waals surface area contributed by atoms with E-state index < -0.39 is 0 Å². The maximum absolute atomic E-state index is 12.7. The quantitative estimate of drug-likeness (QED) is 0.830. The van der Waals surface area contributed by atoms with E-state index in [0.717, 1.165) is 40.6 Å². The predicted octanol–water partition coefficient (Wildman–Crippen LogP) is 2.72. The Hall–Kier alpha value is -1.77. The van der Waals surface area contributed by atoms with Gasteiger partial charge in [-0.2, -0.15) is 0 Å². The van der Waals surface area contributed by atoms with Crippen molar-refractivity contribution in [3.05, 3.63) is 32.6 Å². The molecule has 142 valence electrons. The predicted molar refractivity (Wildman–Crippen MR) is 97.5 cm³/mol. The molecule has 1 aliphatic rings. The molecule has 1 aliphatic heterocycles. The van der Waals surface area contributed by atoms with E-state index in [9.17, 15) is 4.79 Å². The summed E-state index contributed by atoms with van der Waals surface area (Å²) in [6.07, 6.45) is 1.45. The third kappa shape index (κ3) is 4.13. The highest BCUT2D eigenvalue weighted by molar-refractivity contribution is 7.13. The molecule has 1 fully saturated rings. The second kappa shape index (κ2) is 8.28. The molecule has 3 heterocycles. The molecular formula is C18H25N3O4S. The smallest absolute Gasteiger partial charge is 0.263 e. The maximum Gasteiger partial charge on any atom is 0.263 e. The summed E-state index contributed by atoms with van der Waals surface area (Å²) in [5.41, 5.74) is 2.57. The molecule has 2 aromatic rings. The van der Waals surface area contributed by atoms with Gasteiger partial charge in [0.1, 0.15) is 10.6 Å². The summed E-state index contributed by atoms with van der Waals surface area (Å²) >= 11 is 1.45. The molecule has 8 heteroatoms. The highest BCUT2D eigenvalue weighted by atomic mass is 32.1. The van der Waals surface area contributed by atoms with Gasteiger partial charge >= 0.3 is 0 Å². The van der Waals surface area contributed by atoms with Gasteiger partial charge in [0.2, 0.25) is 0 Å². The number of carbonyl (C=O) groups excluding carboxylic acids is 1. The average Bonchev–Trinajstić information content (AvgIpc) is 3.16. The fraction of sp³-hybridized carbons (Fsp3) is 0.611. The molecule has 0 spiro atoms. The van der Waals surface area contributed by atoms with Gasteiger partial charge < -0.3 is 19.3 Å². The van der Waals surface area contributed by atoms with Gasteiger partial charge in [0.15, 0.2) is 0 Å². The van der Waals surface area contributed by atoms with Crippen LogP contribution in [0.3, 0.4) is 0 Å². The Morgan fingerprint density at radius 2 is 2.15 bits per heavy atom. The van der Waals surface area contributed by atoms with Crippen LogP contribution in [0.25, 0.3) is 0 Å². The highest BCUT2D eigenvalue weighted by Gasteiger charge is 2.30. The zero-order chi connectivity index (χ0) is 18.7. The topological polar surface area (TPSA) is 86.5 Å². The lowest BCUT2D eigenvalue weighted by molar-refractivity contribution is -0.0608. The third-order valence-electron chi connectivity index (χ3n) is 4.58. The molecule has 0 saturated carbocycles. The van der Waals surface area contributed by atoms with Gasteiger partial charge in [0.25, 0.3) is 5.91 Å². The summed E-state index contributed by atoms with van der Waals surface area (Å²) in [6.45, 7) is 9.16. The molecule has 2 aromatic heterocycles. The molecule has 1 amide bonds. The number of nitrogens with one attached hydrogen (secondary N) is 1. The first-order chi connectivity index (χ1) is 12.5. The Balaban J connectivity index is 1.64. The summed E-state index contributed by atoms with van der Waals surface area (Å²) in [6, 6.07) is -0.191. The number of aromatic nitrogens is 2. The van der Waals surface area contributed by atoms with Crippen molar-refractivity contribution in [2.45, 2.75) is 59.3 Å². The monoisotopic (exact) mass is 379 g/mol. The number of aryl methyl sites for hydroxylation is 4. The van der Waals surface area contributed by atoms with Crippen LogP contribution in [0.15, 0.2) is 4.52 Å². The van der Waals surface area contributed by atoms with Gasteiger partial charge in [-0.05, 0) is 33.6 Å². The zero-order valence-electron chi connectivity index (χ0n) is 15.6. The summed E-state index contributed by atoms with van der Waals surface area (Å²) in [5.74, 6) is 0.656. The number of hydrogen-bond acceptors (Lipinski definition) is 7. The summed E-state index contributed by atoms with van der Waals surface area (Å²) < 4.78 is 16.8. The van der Waals surface area contributed by atoms with E-state index in [0.29, 0.717) is 24.7 Å². The van der Waals surface area contributed by atoms with Gasteiger partial charge in [-0.1, -0.05) is 12.1 Å². The first-order valence-electron chi connectivity index (χ1n) is 8.87. The Kier molecular flexibility index (Phi) is 6.05. The first kappa shape index (κ1) is 19.0. The lowest BCUT2D eigenvalue weighted by atomic mass is 10.1. The van der Waals surface area contributed by atoms with Crippen molar-refractivity contribution in [3.63, 3.8) is 0 Å². The first-order valence-corrected chi connectivity index (χ1v) is 9.69. The molecule has 0 aliphatic carbocycles. The van der Waals surface area contributed by atoms with E-state index in [1.807, 2.05) is 27.7 Å². The standard InChI is InChI=1S/C18H25N3O4S/c1-5-16-19-11(3)17(26-16)18(22)20-14-9-23-7-6-15(14)24-8-13-10(2)21-25-12(13)4/h14-15H,5-9H2,1-4H3,(H,20,22)/t14-,15+/m1/s1. The molecule has 0 aromatic carbocycles. The van der Waals surface area contributed by atoms with Crippen LogP contribution in [0.2, 0.25) is 0 Å². The number of carbonyl (C=O) groups is 1. The fourth-order valence-electron chi connectivity index (χ4n) is 3.00. The van der Waals surface area contributed by atoms with Gasteiger partial charge in [-0.3, -0.25) is 4.79 Å². The minimum Gasteiger partial charge on any atom is -0.379 e. The van der Waals surface area contributed by atoms with Crippen molar-refractivity contribution in [3.8, 4) is 0 Å². The van der Waals surface area contributed by atoms with E-state index in [4.69, 9.17) is 14.0 Å². The van der Waals surface area contributed by atoms with Crippen molar-refractivity contribution >= 4 is 17.2 Å². The molecule has 7 nitrogen and oxygen atoms in total. The van der Waals surface area contributed by atoms with Gasteiger partial charge in [0.05, 0.1) is 41.8 Å². The lowest BCUT2D eigenvalue weighted by Gasteiger charge is -2.32. The molecule has 0 radical (unpaired) electrons. The van der Waals surface area contributed by atoms with Gasteiger partial charge in [-0.15, -0.1) is 11.3 Å². The minimum atomic E-state index is -0.191. The van der Waals surface area contributed by atoms with Crippen LogP contribution < -0.4 is 5.32 Å². The van der Waals surface area contributed by atoms with E-state index >= 15 is 0 Å². The second-order valence-electron chi connectivity index (χ2n) is 6.47. The Morgan fingerprint density at radius 1 is 1.35 bits per heavy atom. The summed E-state index contributed by atoms with van der Waals surface area (Å²) in [7, 11) is 0. The van der Waals surface area contributed by atoms with Gasteiger partial charge in [-0.25, -0.2) is 4.98 Å². The van der Waals surface area contributed by atoms with Crippen LogP contribution in [0, 0.1) is 20.8 Å². The summed E-state index contributed by atoms with van der Waals surface area (Å²) in [4.78, 5) is 17.8. The van der Waals surface area contributed by atoms with Crippen LogP contribution in [-0.2, 0) is 22.5 Å². The molecule has 1 N–H and O–H groups in total. The molecule has 3 rings (SSSR count). The largest absolute Gasteiger partial charge is 0.379 e. The van der Waals surface area contributed by atoms with Crippen molar-refractivity contribution in [1.82, 2.24) is 15.5 Å². The third-order valence-corrected chi connectivity index (χ3v) is 5.88. The normalized spacial score (nSPS) is 20.3. The molecule has 0 bridgehead atoms. The number of nitrogens with zero attached hydrogens (tertiary/aromatic N) is 2. The van der Waals surface area contributed by atoms with Crippen molar-refractivity contribution in [2.24, 2.45) is 0 Å². The van der Waals surface area contributed by atoms with Crippen LogP contribution in [0.4, 0.5) is 0 Å². The van der Waals surface area contributed by atoms with Gasteiger partial charge in [0, 0.05) is 12.2 Å². The Morgan fingerprint density at radius 3 is 2.81 bits per heavy atom. The number of hydrogen-bond donors (Lipinski definition) is 1. The number of thiazole rings is 1. The number of amides is 1. The minimum absolute atomic E-state index is 0.110. The Bertz CT molecular complexity index is 751. The maximum atomic E-state index is 12.7. The summed E-state index contributed by atoms with van der Waals surface area (Å²) in [5, 5.41) is 7.99. The van der Waals surface area contributed by atoms with Crippen LogP contribution in [0.1, 0.15) is 50.7 Å². The van der Waals surface area contributed by atoms with Crippen LogP contribution >= 0.6 is 11.3 Å². The van der Waals surface area contributed by atoms with E-state index in [1.165, 1.54) is 11.3 Å². The van der Waals surface area contributed by atoms with E-state index in [1.54, 1.807) is 0 Å². The van der Waals surface area contributed by atoms with Crippen LogP contribution in [0.5, 0.6) is 0 Å². The highest BCUT2D eigenvalue weighted by Crippen LogP contribution is 2.21. The van der Waals surface area contributed by atoms with E-state index in [-0.39, 0.29) is 18.1 Å². The molecule has 1 saturated heterocycles. The SMILES string of the molecule is CCc1nc(C)c(C(=O)N[C@@H]2COCC[C@@H]2OCc2c(C)noc2C)s1.